The van der Waals surface area contributed by atoms with Crippen molar-refractivity contribution >= 4 is 19.5 Å². The molecule has 3 amide bonds. The third-order valence-electron chi connectivity index (χ3n) is 3.22. The molecule has 1 heterocycles. The van der Waals surface area contributed by atoms with E-state index in [1.807, 2.05) is 0 Å². The van der Waals surface area contributed by atoms with Gasteiger partial charge in [0.05, 0.1) is 19.4 Å². The summed E-state index contributed by atoms with van der Waals surface area (Å²) in [7, 11) is -3.73. The smallest absolute Gasteiger partial charge is 0.323 e. The van der Waals surface area contributed by atoms with E-state index in [2.05, 4.69) is 15.1 Å². The van der Waals surface area contributed by atoms with Crippen molar-refractivity contribution < 1.29 is 33.3 Å². The number of nitrogens with zero attached hydrogens (tertiary/aromatic N) is 1. The van der Waals surface area contributed by atoms with Crippen LogP contribution in [0.5, 0.6) is 0 Å². The van der Waals surface area contributed by atoms with E-state index < -0.39 is 19.2 Å². The molecule has 22 heavy (non-hydrogen) atoms. The molecular formula is C12H23N2O7P. The van der Waals surface area contributed by atoms with Gasteiger partial charge in [-0.2, -0.15) is 0 Å². The molecule has 0 aromatic rings. The van der Waals surface area contributed by atoms with Crippen LogP contribution in [-0.4, -0.2) is 48.3 Å². The Morgan fingerprint density at radius 2 is 1.68 bits per heavy atom. The minimum atomic E-state index is -3.73. The largest absolute Gasteiger partial charge is 0.386 e. The number of nitrogens with one attached hydrogen (secondary N) is 1. The van der Waals surface area contributed by atoms with E-state index in [0.29, 0.717) is 6.42 Å². The quantitative estimate of drug-likeness (QED) is 0.280. The van der Waals surface area contributed by atoms with E-state index in [9.17, 15) is 14.2 Å². The van der Waals surface area contributed by atoms with Crippen molar-refractivity contribution in [2.45, 2.75) is 39.7 Å². The first-order chi connectivity index (χ1) is 10.3. The molecule has 1 rings (SSSR count). The number of hydrogen-bond acceptors (Lipinski definition) is 7. The van der Waals surface area contributed by atoms with Crippen LogP contribution in [0.2, 0.25) is 0 Å². The number of amides is 3. The standard InChI is InChI=1S/C12H23N2O7P/c1-5-12(4)10(15)14(11(16)13-12)8-9-22(17,20-18-6-2)21-19-7-3/h5-9H2,1-4H3,(H,13,16). The Morgan fingerprint density at radius 3 is 2.09 bits per heavy atom. The molecule has 9 nitrogen and oxygen atoms in total. The maximum absolute atomic E-state index is 12.4. The molecule has 10 heteroatoms. The van der Waals surface area contributed by atoms with Crippen LogP contribution in [0.4, 0.5) is 4.79 Å². The molecule has 1 fully saturated rings. The summed E-state index contributed by atoms with van der Waals surface area (Å²) in [5.41, 5.74) is -0.942. The number of carbonyl (C=O) groups is 2. The number of hydrogen-bond donors (Lipinski definition) is 1. The lowest BCUT2D eigenvalue weighted by Crippen LogP contribution is -2.43. The maximum Gasteiger partial charge on any atom is 0.386 e. The fraction of sp³-hybridized carbons (Fsp3) is 0.833. The Hall–Kier alpha value is -0.990. The van der Waals surface area contributed by atoms with Gasteiger partial charge in [0.25, 0.3) is 5.91 Å². The molecule has 1 unspecified atom stereocenters. The minimum Gasteiger partial charge on any atom is -0.323 e. The van der Waals surface area contributed by atoms with Crippen LogP contribution < -0.4 is 5.32 Å². The van der Waals surface area contributed by atoms with E-state index in [1.54, 1.807) is 27.7 Å². The van der Waals surface area contributed by atoms with Gasteiger partial charge in [-0.25, -0.2) is 14.6 Å². The van der Waals surface area contributed by atoms with Crippen LogP contribution in [0.3, 0.4) is 0 Å². The summed E-state index contributed by atoms with van der Waals surface area (Å²) in [6.07, 6.45) is 0.225. The van der Waals surface area contributed by atoms with Crippen molar-refractivity contribution in [3.63, 3.8) is 0 Å². The van der Waals surface area contributed by atoms with Gasteiger partial charge in [0.15, 0.2) is 0 Å². The maximum atomic E-state index is 12.4. The third kappa shape index (κ3) is 4.50. The summed E-state index contributed by atoms with van der Waals surface area (Å²) >= 11 is 0. The van der Waals surface area contributed by atoms with E-state index in [-0.39, 0.29) is 31.8 Å². The lowest BCUT2D eigenvalue weighted by molar-refractivity contribution is -0.263. The van der Waals surface area contributed by atoms with Crippen LogP contribution in [-0.2, 0) is 28.5 Å². The highest BCUT2D eigenvalue weighted by Crippen LogP contribution is 2.48. The molecule has 1 N–H and O–H groups in total. The molecule has 0 aromatic heterocycles. The topological polar surface area (TPSA) is 103 Å². The number of rotatable bonds is 10. The number of imide groups is 1. The second-order valence-corrected chi connectivity index (χ2v) is 6.84. The molecule has 1 atom stereocenters. The molecule has 0 aromatic carbocycles. The third-order valence-corrected chi connectivity index (χ3v) is 4.63. The highest BCUT2D eigenvalue weighted by molar-refractivity contribution is 7.53. The van der Waals surface area contributed by atoms with Gasteiger partial charge in [0.2, 0.25) is 0 Å². The highest BCUT2D eigenvalue weighted by atomic mass is 31.2. The zero-order valence-electron chi connectivity index (χ0n) is 13.3. The summed E-state index contributed by atoms with van der Waals surface area (Å²) in [6.45, 7) is 6.93. The molecule has 0 bridgehead atoms. The molecular weight excluding hydrogens is 315 g/mol. The van der Waals surface area contributed by atoms with Gasteiger partial charge in [-0.1, -0.05) is 6.92 Å². The molecule has 0 aliphatic carbocycles. The van der Waals surface area contributed by atoms with E-state index in [4.69, 9.17) is 9.35 Å². The monoisotopic (exact) mass is 338 g/mol. The van der Waals surface area contributed by atoms with Gasteiger partial charge >= 0.3 is 13.6 Å². The molecule has 1 saturated heterocycles. The lowest BCUT2D eigenvalue weighted by Gasteiger charge is -2.20. The number of carbonyl (C=O) groups excluding carboxylic acids is 2. The zero-order chi connectivity index (χ0) is 16.8. The van der Waals surface area contributed by atoms with Crippen LogP contribution in [0, 0.1) is 0 Å². The van der Waals surface area contributed by atoms with Gasteiger partial charge in [-0.15, -0.1) is 9.35 Å². The molecule has 0 radical (unpaired) electrons. The van der Waals surface area contributed by atoms with Crippen LogP contribution >= 0.6 is 7.60 Å². The Labute approximate surface area is 129 Å². The van der Waals surface area contributed by atoms with E-state index in [1.165, 1.54) is 0 Å². The Morgan fingerprint density at radius 1 is 1.14 bits per heavy atom. The summed E-state index contributed by atoms with van der Waals surface area (Å²) in [6, 6.07) is -0.534. The minimum absolute atomic E-state index is 0.127. The van der Waals surface area contributed by atoms with Crippen molar-refractivity contribution in [2.24, 2.45) is 0 Å². The predicted octanol–water partition coefficient (Wildman–Crippen LogP) is 1.84. The second kappa shape index (κ2) is 8.03. The predicted molar refractivity (Wildman–Crippen MR) is 76.8 cm³/mol. The van der Waals surface area contributed by atoms with Crippen molar-refractivity contribution in [3.8, 4) is 0 Å². The molecule has 1 aliphatic heterocycles. The summed E-state index contributed by atoms with van der Waals surface area (Å²) < 4.78 is 21.8. The molecule has 0 spiro atoms. The first kappa shape index (κ1) is 19.1. The molecule has 0 saturated carbocycles. The summed E-state index contributed by atoms with van der Waals surface area (Å²) in [5, 5.41) is 2.61. The Bertz CT molecular complexity index is 447. The van der Waals surface area contributed by atoms with Gasteiger partial charge in [-0.05, 0) is 27.2 Å². The van der Waals surface area contributed by atoms with Crippen LogP contribution in [0.1, 0.15) is 34.1 Å². The second-order valence-electron chi connectivity index (χ2n) is 4.87. The highest BCUT2D eigenvalue weighted by Gasteiger charge is 2.47. The van der Waals surface area contributed by atoms with Crippen molar-refractivity contribution in [1.29, 1.82) is 0 Å². The van der Waals surface area contributed by atoms with Gasteiger partial charge in [0.1, 0.15) is 5.54 Å². The van der Waals surface area contributed by atoms with Crippen molar-refractivity contribution in [3.05, 3.63) is 0 Å². The molecule has 128 valence electrons. The van der Waals surface area contributed by atoms with Crippen LogP contribution in [0.15, 0.2) is 0 Å². The average Bonchev–Trinajstić information content (AvgIpc) is 2.72. The normalized spacial score (nSPS) is 22.3. The summed E-state index contributed by atoms with van der Waals surface area (Å²) in [4.78, 5) is 34.4. The Kier molecular flexibility index (Phi) is 6.96. The lowest BCUT2D eigenvalue weighted by atomic mass is 10.00. The fourth-order valence-electron chi connectivity index (χ4n) is 1.77. The number of urea groups is 1. The SMILES string of the molecule is CCOOP(=O)(CCN1C(=O)NC(C)(CC)C1=O)OOCC. The zero-order valence-corrected chi connectivity index (χ0v) is 14.2. The van der Waals surface area contributed by atoms with E-state index in [0.717, 1.165) is 4.90 Å². The van der Waals surface area contributed by atoms with Crippen molar-refractivity contribution in [1.82, 2.24) is 10.2 Å². The van der Waals surface area contributed by atoms with Gasteiger partial charge < -0.3 is 5.32 Å². The van der Waals surface area contributed by atoms with E-state index >= 15 is 0 Å². The van der Waals surface area contributed by atoms with Gasteiger partial charge in [0, 0.05) is 6.54 Å². The first-order valence-electron chi connectivity index (χ1n) is 7.17. The average molecular weight is 338 g/mol. The van der Waals surface area contributed by atoms with Crippen LogP contribution in [0.25, 0.3) is 0 Å². The Balaban J connectivity index is 2.70. The first-order valence-corrected chi connectivity index (χ1v) is 8.90. The van der Waals surface area contributed by atoms with Gasteiger partial charge in [-0.3, -0.25) is 14.3 Å². The molecule has 1 aliphatic rings. The van der Waals surface area contributed by atoms with Crippen molar-refractivity contribution in [2.75, 3.05) is 25.9 Å². The fourth-order valence-corrected chi connectivity index (χ4v) is 2.92. The summed E-state index contributed by atoms with van der Waals surface area (Å²) in [5.74, 6) is -0.376.